The summed E-state index contributed by atoms with van der Waals surface area (Å²) in [6.45, 7) is 5.41. The molecular formula is C16H22N2. The van der Waals surface area contributed by atoms with Crippen molar-refractivity contribution in [2.75, 3.05) is 11.9 Å². The lowest BCUT2D eigenvalue weighted by molar-refractivity contribution is 0.300. The summed E-state index contributed by atoms with van der Waals surface area (Å²) in [6.07, 6.45) is 5.35. The van der Waals surface area contributed by atoms with Gasteiger partial charge in [-0.05, 0) is 49.3 Å². The fraction of sp³-hybridized carbons (Fsp3) is 0.562. The van der Waals surface area contributed by atoms with E-state index in [-0.39, 0.29) is 0 Å². The van der Waals surface area contributed by atoms with Gasteiger partial charge in [-0.25, -0.2) is 0 Å². The molecule has 0 atom stereocenters. The third-order valence-corrected chi connectivity index (χ3v) is 4.01. The van der Waals surface area contributed by atoms with Gasteiger partial charge in [-0.3, -0.25) is 0 Å². The Bertz CT molecular complexity index is 437. The monoisotopic (exact) mass is 242 g/mol. The predicted octanol–water partition coefficient (Wildman–Crippen LogP) is 4.10. The molecule has 1 saturated carbocycles. The van der Waals surface area contributed by atoms with Gasteiger partial charge in [0.15, 0.2) is 0 Å². The normalized spacial score (nSPS) is 23.4. The first-order valence-corrected chi connectivity index (χ1v) is 6.93. The molecule has 0 bridgehead atoms. The van der Waals surface area contributed by atoms with Crippen molar-refractivity contribution in [3.63, 3.8) is 0 Å². The second-order valence-electron chi connectivity index (χ2n) is 5.67. The third-order valence-electron chi connectivity index (χ3n) is 4.01. The number of benzene rings is 1. The highest BCUT2D eigenvalue weighted by Crippen LogP contribution is 2.28. The van der Waals surface area contributed by atoms with Crippen LogP contribution in [0.3, 0.4) is 0 Å². The molecular weight excluding hydrogens is 220 g/mol. The summed E-state index contributed by atoms with van der Waals surface area (Å²) in [4.78, 5) is 0. The average molecular weight is 242 g/mol. The first-order valence-electron chi connectivity index (χ1n) is 6.93. The van der Waals surface area contributed by atoms with Crippen LogP contribution in [0.4, 0.5) is 5.69 Å². The van der Waals surface area contributed by atoms with Gasteiger partial charge in [-0.15, -0.1) is 0 Å². The Balaban J connectivity index is 1.94. The number of nitriles is 1. The van der Waals surface area contributed by atoms with Crippen LogP contribution in [0.5, 0.6) is 0 Å². The highest BCUT2D eigenvalue weighted by molar-refractivity contribution is 5.58. The van der Waals surface area contributed by atoms with Gasteiger partial charge in [0, 0.05) is 6.54 Å². The summed E-state index contributed by atoms with van der Waals surface area (Å²) in [5.41, 5.74) is 2.95. The number of aryl methyl sites for hydroxylation is 1. The van der Waals surface area contributed by atoms with E-state index < -0.39 is 0 Å². The Hall–Kier alpha value is -1.49. The molecule has 2 heteroatoms. The van der Waals surface area contributed by atoms with Crippen LogP contribution < -0.4 is 5.32 Å². The van der Waals surface area contributed by atoms with Crippen LogP contribution in [0, 0.1) is 30.1 Å². The van der Waals surface area contributed by atoms with E-state index >= 15 is 0 Å². The maximum atomic E-state index is 9.09. The van der Waals surface area contributed by atoms with Gasteiger partial charge in [0.05, 0.1) is 11.3 Å². The highest BCUT2D eigenvalue weighted by atomic mass is 14.9. The standard InChI is InChI=1S/C16H22N2/c1-12-3-6-14(7-4-12)11-18-16-9-13(2)5-8-15(16)10-17/h5,8-9,12,14,18H,3-4,6-7,11H2,1-2H3. The molecule has 0 aliphatic heterocycles. The molecule has 1 aromatic carbocycles. The molecule has 1 aliphatic carbocycles. The predicted molar refractivity (Wildman–Crippen MR) is 75.5 cm³/mol. The van der Waals surface area contributed by atoms with Gasteiger partial charge in [-0.1, -0.05) is 25.8 Å². The molecule has 1 aliphatic rings. The van der Waals surface area contributed by atoms with Crippen molar-refractivity contribution in [1.82, 2.24) is 0 Å². The van der Waals surface area contributed by atoms with Gasteiger partial charge < -0.3 is 5.32 Å². The van der Waals surface area contributed by atoms with Gasteiger partial charge >= 0.3 is 0 Å². The maximum Gasteiger partial charge on any atom is 0.101 e. The minimum Gasteiger partial charge on any atom is -0.384 e. The Morgan fingerprint density at radius 2 is 2.00 bits per heavy atom. The summed E-state index contributed by atoms with van der Waals surface area (Å²) in [7, 11) is 0. The molecule has 2 rings (SSSR count). The molecule has 1 N–H and O–H groups in total. The minimum atomic E-state index is 0.754. The number of hydrogen-bond acceptors (Lipinski definition) is 2. The fourth-order valence-corrected chi connectivity index (χ4v) is 2.69. The summed E-state index contributed by atoms with van der Waals surface area (Å²) in [5.74, 6) is 1.67. The van der Waals surface area contributed by atoms with Crippen molar-refractivity contribution in [2.24, 2.45) is 11.8 Å². The molecule has 0 saturated heterocycles. The molecule has 1 aromatic rings. The lowest BCUT2D eigenvalue weighted by Gasteiger charge is -2.26. The lowest BCUT2D eigenvalue weighted by atomic mass is 9.83. The van der Waals surface area contributed by atoms with E-state index in [0.29, 0.717) is 0 Å². The molecule has 1 fully saturated rings. The summed E-state index contributed by atoms with van der Waals surface area (Å²) < 4.78 is 0. The summed E-state index contributed by atoms with van der Waals surface area (Å²) >= 11 is 0. The largest absolute Gasteiger partial charge is 0.384 e. The zero-order valence-corrected chi connectivity index (χ0v) is 11.4. The quantitative estimate of drug-likeness (QED) is 0.866. The van der Waals surface area contributed by atoms with Crippen LogP contribution in [0.1, 0.15) is 43.7 Å². The second-order valence-corrected chi connectivity index (χ2v) is 5.67. The number of rotatable bonds is 3. The summed E-state index contributed by atoms with van der Waals surface area (Å²) in [6, 6.07) is 8.22. The SMILES string of the molecule is Cc1ccc(C#N)c(NCC2CCC(C)CC2)c1. The van der Waals surface area contributed by atoms with E-state index in [1.54, 1.807) is 0 Å². The minimum absolute atomic E-state index is 0.754. The van der Waals surface area contributed by atoms with E-state index in [9.17, 15) is 0 Å². The van der Waals surface area contributed by atoms with Crippen LogP contribution in [-0.2, 0) is 0 Å². The van der Waals surface area contributed by atoms with E-state index in [1.165, 1.54) is 31.2 Å². The molecule has 0 heterocycles. The van der Waals surface area contributed by atoms with Crippen molar-refractivity contribution >= 4 is 5.69 Å². The van der Waals surface area contributed by atoms with Gasteiger partial charge in [0.25, 0.3) is 0 Å². The topological polar surface area (TPSA) is 35.8 Å². The van der Waals surface area contributed by atoms with Crippen LogP contribution in [-0.4, -0.2) is 6.54 Å². The number of hydrogen-bond donors (Lipinski definition) is 1. The van der Waals surface area contributed by atoms with Crippen LogP contribution in [0.15, 0.2) is 18.2 Å². The Kier molecular flexibility index (Phi) is 4.25. The van der Waals surface area contributed by atoms with E-state index in [4.69, 9.17) is 5.26 Å². The number of nitrogens with one attached hydrogen (secondary N) is 1. The van der Waals surface area contributed by atoms with Crippen molar-refractivity contribution in [3.8, 4) is 6.07 Å². The van der Waals surface area contributed by atoms with Crippen LogP contribution in [0.2, 0.25) is 0 Å². The zero-order chi connectivity index (χ0) is 13.0. The third kappa shape index (κ3) is 3.26. The molecule has 2 nitrogen and oxygen atoms in total. The molecule has 0 radical (unpaired) electrons. The van der Waals surface area contributed by atoms with Gasteiger partial charge in [0.1, 0.15) is 6.07 Å². The van der Waals surface area contributed by atoms with Crippen LogP contribution >= 0.6 is 0 Å². The Labute approximate surface area is 110 Å². The first kappa shape index (κ1) is 13.0. The highest BCUT2D eigenvalue weighted by Gasteiger charge is 2.18. The molecule has 0 aromatic heterocycles. The van der Waals surface area contributed by atoms with Crippen molar-refractivity contribution in [1.29, 1.82) is 5.26 Å². The summed E-state index contributed by atoms with van der Waals surface area (Å²) in [5, 5.41) is 12.6. The van der Waals surface area contributed by atoms with Gasteiger partial charge in [-0.2, -0.15) is 5.26 Å². The number of anilines is 1. The molecule has 0 unspecified atom stereocenters. The fourth-order valence-electron chi connectivity index (χ4n) is 2.69. The molecule has 0 amide bonds. The average Bonchev–Trinajstić information content (AvgIpc) is 2.38. The maximum absolute atomic E-state index is 9.09. The zero-order valence-electron chi connectivity index (χ0n) is 11.4. The number of nitrogens with zero attached hydrogens (tertiary/aromatic N) is 1. The van der Waals surface area contributed by atoms with E-state index in [1.807, 2.05) is 12.1 Å². The molecule has 18 heavy (non-hydrogen) atoms. The van der Waals surface area contributed by atoms with Crippen molar-refractivity contribution in [2.45, 2.75) is 39.5 Å². The van der Waals surface area contributed by atoms with E-state index in [2.05, 4.69) is 31.3 Å². The van der Waals surface area contributed by atoms with Crippen LogP contribution in [0.25, 0.3) is 0 Å². The van der Waals surface area contributed by atoms with Gasteiger partial charge in [0.2, 0.25) is 0 Å². The van der Waals surface area contributed by atoms with Crippen molar-refractivity contribution in [3.05, 3.63) is 29.3 Å². The second kappa shape index (κ2) is 5.91. The Morgan fingerprint density at radius 3 is 2.67 bits per heavy atom. The first-order chi connectivity index (χ1) is 8.69. The Morgan fingerprint density at radius 1 is 1.28 bits per heavy atom. The lowest BCUT2D eigenvalue weighted by Crippen LogP contribution is -2.20. The van der Waals surface area contributed by atoms with E-state index in [0.717, 1.165) is 29.6 Å². The van der Waals surface area contributed by atoms with Crippen molar-refractivity contribution < 1.29 is 0 Å². The smallest absolute Gasteiger partial charge is 0.101 e. The molecule has 96 valence electrons. The molecule has 0 spiro atoms.